The van der Waals surface area contributed by atoms with E-state index in [-0.39, 0.29) is 30.3 Å². The van der Waals surface area contributed by atoms with Gasteiger partial charge in [0.25, 0.3) is 0 Å². The number of methoxy groups -OCH3 is 2. The zero-order valence-electron chi connectivity index (χ0n) is 11.9. The molecule has 0 radical (unpaired) electrons. The van der Waals surface area contributed by atoms with Crippen molar-refractivity contribution in [2.45, 2.75) is 25.9 Å². The van der Waals surface area contributed by atoms with E-state index in [0.717, 1.165) is 6.42 Å². The van der Waals surface area contributed by atoms with Gasteiger partial charge in [-0.05, 0) is 13.3 Å². The molecule has 0 aromatic heterocycles. The maximum absolute atomic E-state index is 12.4. The number of carbonyl (C=O) groups is 2. The van der Waals surface area contributed by atoms with Gasteiger partial charge in [-0.25, -0.2) is 0 Å². The van der Waals surface area contributed by atoms with E-state index in [1.165, 1.54) is 7.11 Å². The number of nitrogens with zero attached hydrogens (tertiary/aromatic N) is 1. The number of carbonyl (C=O) groups excluding carboxylic acids is 2. The van der Waals surface area contributed by atoms with E-state index in [0.29, 0.717) is 26.3 Å². The molecule has 2 unspecified atom stereocenters. The molecule has 1 fully saturated rings. The van der Waals surface area contributed by atoms with Crippen molar-refractivity contribution in [3.63, 3.8) is 0 Å². The lowest BCUT2D eigenvalue weighted by Gasteiger charge is -2.26. The van der Waals surface area contributed by atoms with Crippen molar-refractivity contribution >= 4 is 11.9 Å². The Hall–Kier alpha value is -1.14. The second-order valence-electron chi connectivity index (χ2n) is 4.62. The summed E-state index contributed by atoms with van der Waals surface area (Å²) >= 11 is 0. The SMILES string of the molecule is COCCN(CCC(=O)OC)C(=O)C1CCOC1C. The fourth-order valence-corrected chi connectivity index (χ4v) is 2.15. The monoisotopic (exact) mass is 273 g/mol. The Balaban J connectivity index is 2.56. The Morgan fingerprint density at radius 2 is 2.05 bits per heavy atom. The minimum atomic E-state index is -0.314. The third-order valence-corrected chi connectivity index (χ3v) is 3.38. The Kier molecular flexibility index (Phi) is 6.80. The first kappa shape index (κ1) is 15.9. The summed E-state index contributed by atoms with van der Waals surface area (Å²) < 4.78 is 15.0. The molecule has 19 heavy (non-hydrogen) atoms. The number of esters is 1. The molecule has 1 saturated heterocycles. The summed E-state index contributed by atoms with van der Waals surface area (Å²) in [5.74, 6) is -0.397. The Bertz CT molecular complexity index is 307. The van der Waals surface area contributed by atoms with Crippen LogP contribution in [0, 0.1) is 5.92 Å². The summed E-state index contributed by atoms with van der Waals surface area (Å²) in [6.45, 7) is 3.82. The van der Waals surface area contributed by atoms with Crippen LogP contribution in [0.15, 0.2) is 0 Å². The quantitative estimate of drug-likeness (QED) is 0.630. The first-order chi connectivity index (χ1) is 9.10. The van der Waals surface area contributed by atoms with E-state index in [2.05, 4.69) is 4.74 Å². The first-order valence-electron chi connectivity index (χ1n) is 6.56. The predicted molar refractivity (Wildman–Crippen MR) is 68.6 cm³/mol. The second-order valence-corrected chi connectivity index (χ2v) is 4.62. The van der Waals surface area contributed by atoms with Crippen molar-refractivity contribution in [1.29, 1.82) is 0 Å². The highest BCUT2D eigenvalue weighted by molar-refractivity contribution is 5.80. The van der Waals surface area contributed by atoms with Gasteiger partial charge >= 0.3 is 5.97 Å². The predicted octanol–water partition coefficient (Wildman–Crippen LogP) is 0.450. The Morgan fingerprint density at radius 3 is 2.58 bits per heavy atom. The van der Waals surface area contributed by atoms with Crippen LogP contribution in [0.25, 0.3) is 0 Å². The van der Waals surface area contributed by atoms with Crippen molar-refractivity contribution in [3.05, 3.63) is 0 Å². The molecule has 0 bridgehead atoms. The fourth-order valence-electron chi connectivity index (χ4n) is 2.15. The fraction of sp³-hybridized carbons (Fsp3) is 0.846. The number of ether oxygens (including phenoxy) is 3. The van der Waals surface area contributed by atoms with Gasteiger partial charge in [-0.3, -0.25) is 9.59 Å². The van der Waals surface area contributed by atoms with Gasteiger partial charge in [0, 0.05) is 26.8 Å². The van der Waals surface area contributed by atoms with Crippen LogP contribution < -0.4 is 0 Å². The highest BCUT2D eigenvalue weighted by Crippen LogP contribution is 2.22. The lowest BCUT2D eigenvalue weighted by atomic mass is 10.0. The third kappa shape index (κ3) is 4.80. The van der Waals surface area contributed by atoms with Gasteiger partial charge in [0.1, 0.15) is 0 Å². The molecule has 0 saturated carbocycles. The summed E-state index contributed by atoms with van der Waals surface area (Å²) in [4.78, 5) is 25.2. The van der Waals surface area contributed by atoms with Crippen LogP contribution in [-0.4, -0.2) is 63.4 Å². The van der Waals surface area contributed by atoms with Crippen LogP contribution in [0.2, 0.25) is 0 Å². The third-order valence-electron chi connectivity index (χ3n) is 3.38. The maximum atomic E-state index is 12.4. The minimum Gasteiger partial charge on any atom is -0.469 e. The zero-order valence-corrected chi connectivity index (χ0v) is 11.9. The van der Waals surface area contributed by atoms with Gasteiger partial charge in [0.05, 0.1) is 32.2 Å². The number of hydrogen-bond acceptors (Lipinski definition) is 5. The molecule has 1 heterocycles. The topological polar surface area (TPSA) is 65.1 Å². The van der Waals surface area contributed by atoms with Gasteiger partial charge < -0.3 is 19.1 Å². The van der Waals surface area contributed by atoms with Crippen LogP contribution in [0.5, 0.6) is 0 Å². The van der Waals surface area contributed by atoms with E-state index in [4.69, 9.17) is 9.47 Å². The van der Waals surface area contributed by atoms with E-state index < -0.39 is 0 Å². The summed E-state index contributed by atoms with van der Waals surface area (Å²) in [6, 6.07) is 0. The van der Waals surface area contributed by atoms with Crippen molar-refractivity contribution in [2.75, 3.05) is 40.5 Å². The standard InChI is InChI=1S/C13H23NO5/c1-10-11(5-8-19-10)13(16)14(7-9-17-2)6-4-12(15)18-3/h10-11H,4-9H2,1-3H3. The lowest BCUT2D eigenvalue weighted by Crippen LogP contribution is -2.41. The molecule has 0 aromatic carbocycles. The van der Waals surface area contributed by atoms with E-state index in [9.17, 15) is 9.59 Å². The van der Waals surface area contributed by atoms with Gasteiger partial charge in [-0.15, -0.1) is 0 Å². The molecule has 1 aliphatic heterocycles. The Morgan fingerprint density at radius 1 is 1.32 bits per heavy atom. The second kappa shape index (κ2) is 8.12. The summed E-state index contributed by atoms with van der Waals surface area (Å²) in [5, 5.41) is 0. The van der Waals surface area contributed by atoms with Crippen LogP contribution in [0.1, 0.15) is 19.8 Å². The molecule has 0 aliphatic carbocycles. The summed E-state index contributed by atoms with van der Waals surface area (Å²) in [7, 11) is 2.93. The molecule has 6 heteroatoms. The zero-order chi connectivity index (χ0) is 14.3. The summed E-state index contributed by atoms with van der Waals surface area (Å²) in [6.07, 6.45) is 0.881. The Labute approximate surface area is 114 Å². The molecule has 0 aromatic rings. The van der Waals surface area contributed by atoms with Crippen LogP contribution in [-0.2, 0) is 23.8 Å². The molecular weight excluding hydrogens is 250 g/mol. The highest BCUT2D eigenvalue weighted by Gasteiger charge is 2.33. The largest absolute Gasteiger partial charge is 0.469 e. The molecule has 2 atom stereocenters. The molecule has 6 nitrogen and oxygen atoms in total. The van der Waals surface area contributed by atoms with Crippen LogP contribution in [0.3, 0.4) is 0 Å². The molecule has 1 rings (SSSR count). The molecule has 1 amide bonds. The average Bonchev–Trinajstić information content (AvgIpc) is 2.84. The van der Waals surface area contributed by atoms with Gasteiger partial charge in [-0.2, -0.15) is 0 Å². The van der Waals surface area contributed by atoms with Crippen molar-refractivity contribution in [1.82, 2.24) is 4.90 Å². The minimum absolute atomic E-state index is 0.0333. The maximum Gasteiger partial charge on any atom is 0.307 e. The van der Waals surface area contributed by atoms with Gasteiger partial charge in [-0.1, -0.05) is 0 Å². The molecule has 0 N–H and O–H groups in total. The smallest absolute Gasteiger partial charge is 0.307 e. The van der Waals surface area contributed by atoms with E-state index >= 15 is 0 Å². The molecule has 1 aliphatic rings. The lowest BCUT2D eigenvalue weighted by molar-refractivity contribution is -0.143. The van der Waals surface area contributed by atoms with Crippen molar-refractivity contribution < 1.29 is 23.8 Å². The molecule has 0 spiro atoms. The van der Waals surface area contributed by atoms with E-state index in [1.54, 1.807) is 12.0 Å². The van der Waals surface area contributed by atoms with Gasteiger partial charge in [0.15, 0.2) is 0 Å². The molecule has 110 valence electrons. The van der Waals surface area contributed by atoms with E-state index in [1.807, 2.05) is 6.92 Å². The number of amides is 1. The number of hydrogen-bond donors (Lipinski definition) is 0. The average molecular weight is 273 g/mol. The summed E-state index contributed by atoms with van der Waals surface area (Å²) in [5.41, 5.74) is 0. The highest BCUT2D eigenvalue weighted by atomic mass is 16.5. The van der Waals surface area contributed by atoms with Crippen molar-refractivity contribution in [2.24, 2.45) is 5.92 Å². The molecular formula is C13H23NO5. The van der Waals surface area contributed by atoms with Crippen LogP contribution >= 0.6 is 0 Å². The first-order valence-corrected chi connectivity index (χ1v) is 6.56. The van der Waals surface area contributed by atoms with Crippen molar-refractivity contribution in [3.8, 4) is 0 Å². The van der Waals surface area contributed by atoms with Gasteiger partial charge in [0.2, 0.25) is 5.91 Å². The number of rotatable bonds is 7. The van der Waals surface area contributed by atoms with Crippen LogP contribution in [0.4, 0.5) is 0 Å². The normalized spacial score (nSPS) is 22.3.